The van der Waals surface area contributed by atoms with Gasteiger partial charge in [0.15, 0.2) is 0 Å². The Kier molecular flexibility index (Phi) is 5.27. The van der Waals surface area contributed by atoms with Gasteiger partial charge in [0.2, 0.25) is 9.84 Å². The van der Waals surface area contributed by atoms with Crippen LogP contribution in [-0.4, -0.2) is 40.3 Å². The van der Waals surface area contributed by atoms with E-state index in [1.54, 1.807) is 23.0 Å². The Balaban J connectivity index is 1.64. The van der Waals surface area contributed by atoms with E-state index in [1.807, 2.05) is 6.92 Å². The van der Waals surface area contributed by atoms with E-state index in [-0.39, 0.29) is 17.1 Å². The SMILES string of the molecule is CCC(NC(=O)c1cncc2c1cnn2-c1ccc(F)cc1)c1cnc(S(C)(=O)=O)o1. The molecule has 160 valence electrons. The smallest absolute Gasteiger partial charge is 0.314 e. The summed E-state index contributed by atoms with van der Waals surface area (Å²) in [5.74, 6) is -0.560. The minimum atomic E-state index is -3.59. The van der Waals surface area contributed by atoms with E-state index in [1.165, 1.54) is 30.7 Å². The molecule has 11 heteroatoms. The number of nitrogens with zero attached hydrogens (tertiary/aromatic N) is 4. The minimum Gasteiger partial charge on any atom is -0.431 e. The van der Waals surface area contributed by atoms with Crippen molar-refractivity contribution in [2.75, 3.05) is 6.26 Å². The molecule has 1 N–H and O–H groups in total. The zero-order valence-electron chi connectivity index (χ0n) is 16.6. The van der Waals surface area contributed by atoms with Gasteiger partial charge < -0.3 is 9.73 Å². The number of fused-ring (bicyclic) bond motifs is 1. The molecule has 4 aromatic rings. The number of carbonyl (C=O) groups excluding carboxylic acids is 1. The number of rotatable bonds is 6. The van der Waals surface area contributed by atoms with E-state index in [0.29, 0.717) is 23.0 Å². The van der Waals surface area contributed by atoms with E-state index in [2.05, 4.69) is 20.4 Å². The van der Waals surface area contributed by atoms with Crippen LogP contribution >= 0.6 is 0 Å². The second-order valence-electron chi connectivity index (χ2n) is 6.89. The summed E-state index contributed by atoms with van der Waals surface area (Å²) in [5, 5.41) is 7.28. The molecule has 0 saturated carbocycles. The predicted octanol–water partition coefficient (Wildman–Crippen LogP) is 2.83. The molecule has 9 nitrogen and oxygen atoms in total. The summed E-state index contributed by atoms with van der Waals surface area (Å²) in [4.78, 5) is 20.9. The molecule has 1 unspecified atom stereocenters. The number of benzene rings is 1. The molecule has 0 radical (unpaired) electrons. The van der Waals surface area contributed by atoms with Crippen LogP contribution in [0.2, 0.25) is 0 Å². The molecule has 0 aliphatic carbocycles. The molecule has 0 saturated heterocycles. The molecular weight excluding hydrogens is 425 g/mol. The highest BCUT2D eigenvalue weighted by molar-refractivity contribution is 7.90. The highest BCUT2D eigenvalue weighted by atomic mass is 32.2. The van der Waals surface area contributed by atoms with E-state index >= 15 is 0 Å². The summed E-state index contributed by atoms with van der Waals surface area (Å²) >= 11 is 0. The lowest BCUT2D eigenvalue weighted by Crippen LogP contribution is -2.28. The zero-order valence-corrected chi connectivity index (χ0v) is 17.4. The molecule has 0 fully saturated rings. The lowest BCUT2D eigenvalue weighted by molar-refractivity contribution is 0.0930. The van der Waals surface area contributed by atoms with Crippen LogP contribution in [0.15, 0.2) is 58.7 Å². The summed E-state index contributed by atoms with van der Waals surface area (Å²) < 4.78 is 43.3. The molecule has 1 amide bonds. The van der Waals surface area contributed by atoms with Gasteiger partial charge in [-0.25, -0.2) is 22.5 Å². The summed E-state index contributed by atoms with van der Waals surface area (Å²) in [6.07, 6.45) is 7.25. The molecule has 3 aromatic heterocycles. The number of carbonyl (C=O) groups is 1. The van der Waals surface area contributed by atoms with Gasteiger partial charge in [0.1, 0.15) is 11.6 Å². The van der Waals surface area contributed by atoms with Crippen LogP contribution in [0, 0.1) is 5.82 Å². The number of sulfone groups is 1. The van der Waals surface area contributed by atoms with Crippen LogP contribution < -0.4 is 5.32 Å². The molecule has 0 aliphatic heterocycles. The van der Waals surface area contributed by atoms with Crippen molar-refractivity contribution >= 4 is 26.6 Å². The van der Waals surface area contributed by atoms with Crippen molar-refractivity contribution < 1.29 is 22.0 Å². The molecule has 0 aliphatic rings. The predicted molar refractivity (Wildman–Crippen MR) is 109 cm³/mol. The van der Waals surface area contributed by atoms with Gasteiger partial charge in [0.25, 0.3) is 5.91 Å². The van der Waals surface area contributed by atoms with Gasteiger partial charge in [0.05, 0.1) is 41.4 Å². The molecule has 1 atom stereocenters. The third-order valence-electron chi connectivity index (χ3n) is 4.69. The van der Waals surface area contributed by atoms with Gasteiger partial charge in [-0.3, -0.25) is 9.78 Å². The van der Waals surface area contributed by atoms with Crippen LogP contribution in [0.25, 0.3) is 16.6 Å². The first kappa shape index (κ1) is 20.7. The van der Waals surface area contributed by atoms with Crippen LogP contribution in [0.1, 0.15) is 35.5 Å². The fourth-order valence-corrected chi connectivity index (χ4v) is 3.62. The number of nitrogens with one attached hydrogen (secondary N) is 1. The Bertz CT molecular complexity index is 1360. The fraction of sp³-hybridized carbons (Fsp3) is 0.200. The highest BCUT2D eigenvalue weighted by Crippen LogP contribution is 2.24. The average molecular weight is 443 g/mol. The number of pyridine rings is 1. The Hall–Kier alpha value is -3.60. The first-order valence-electron chi connectivity index (χ1n) is 9.32. The van der Waals surface area contributed by atoms with Crippen molar-refractivity contribution in [1.29, 1.82) is 0 Å². The number of aromatic nitrogens is 4. The third kappa shape index (κ3) is 4.04. The van der Waals surface area contributed by atoms with Crippen LogP contribution in [-0.2, 0) is 9.84 Å². The quantitative estimate of drug-likeness (QED) is 0.486. The molecule has 3 heterocycles. The van der Waals surface area contributed by atoms with E-state index in [4.69, 9.17) is 4.42 Å². The zero-order chi connectivity index (χ0) is 22.2. The van der Waals surface area contributed by atoms with Gasteiger partial charge in [-0.1, -0.05) is 6.92 Å². The fourth-order valence-electron chi connectivity index (χ4n) is 3.12. The average Bonchev–Trinajstić information content (AvgIpc) is 3.39. The molecule has 4 rings (SSSR count). The number of amides is 1. The van der Waals surface area contributed by atoms with E-state index < -0.39 is 27.0 Å². The highest BCUT2D eigenvalue weighted by Gasteiger charge is 2.23. The third-order valence-corrected chi connectivity index (χ3v) is 5.51. The Morgan fingerprint density at radius 1 is 1.19 bits per heavy atom. The van der Waals surface area contributed by atoms with Crippen LogP contribution in [0.3, 0.4) is 0 Å². The standard InChI is InChI=1S/C20H18FN5O4S/c1-3-16(18-11-23-20(30-18)31(2,28)29)25-19(27)15-8-22-10-17-14(15)9-24-26(17)13-6-4-12(21)5-7-13/h4-11,16H,3H2,1-2H3,(H,25,27). The number of halogens is 1. The summed E-state index contributed by atoms with van der Waals surface area (Å²) in [7, 11) is -3.59. The Morgan fingerprint density at radius 3 is 2.58 bits per heavy atom. The first-order valence-corrected chi connectivity index (χ1v) is 11.2. The Morgan fingerprint density at radius 2 is 1.94 bits per heavy atom. The number of oxazole rings is 1. The van der Waals surface area contributed by atoms with Crippen molar-refractivity contribution in [2.45, 2.75) is 24.6 Å². The second kappa shape index (κ2) is 7.91. The molecule has 31 heavy (non-hydrogen) atoms. The lowest BCUT2D eigenvalue weighted by Gasteiger charge is -2.14. The maximum Gasteiger partial charge on any atom is 0.314 e. The van der Waals surface area contributed by atoms with Gasteiger partial charge >= 0.3 is 5.22 Å². The molecule has 0 spiro atoms. The Labute approximate surface area is 176 Å². The van der Waals surface area contributed by atoms with Crippen molar-refractivity contribution in [3.05, 3.63) is 66.2 Å². The molecule has 0 bridgehead atoms. The van der Waals surface area contributed by atoms with Crippen molar-refractivity contribution in [3.8, 4) is 5.69 Å². The van der Waals surface area contributed by atoms with Crippen molar-refractivity contribution in [1.82, 2.24) is 25.1 Å². The van der Waals surface area contributed by atoms with Gasteiger partial charge in [-0.15, -0.1) is 0 Å². The monoisotopic (exact) mass is 443 g/mol. The van der Waals surface area contributed by atoms with Crippen molar-refractivity contribution in [3.63, 3.8) is 0 Å². The second-order valence-corrected chi connectivity index (χ2v) is 8.78. The van der Waals surface area contributed by atoms with Gasteiger partial charge in [-0.2, -0.15) is 5.10 Å². The molecule has 1 aromatic carbocycles. The number of hydrogen-bond acceptors (Lipinski definition) is 7. The maximum absolute atomic E-state index is 13.2. The summed E-state index contributed by atoms with van der Waals surface area (Å²) in [6, 6.07) is 5.20. The largest absolute Gasteiger partial charge is 0.431 e. The van der Waals surface area contributed by atoms with Crippen LogP contribution in [0.5, 0.6) is 0 Å². The van der Waals surface area contributed by atoms with E-state index in [0.717, 1.165) is 6.26 Å². The molecular formula is C20H18FN5O4S. The van der Waals surface area contributed by atoms with Gasteiger partial charge in [0, 0.05) is 17.8 Å². The first-order chi connectivity index (χ1) is 14.8. The number of hydrogen-bond donors (Lipinski definition) is 1. The maximum atomic E-state index is 13.2. The summed E-state index contributed by atoms with van der Waals surface area (Å²) in [6.45, 7) is 1.82. The van der Waals surface area contributed by atoms with Gasteiger partial charge in [-0.05, 0) is 30.7 Å². The van der Waals surface area contributed by atoms with E-state index in [9.17, 15) is 17.6 Å². The van der Waals surface area contributed by atoms with Crippen LogP contribution in [0.4, 0.5) is 4.39 Å². The lowest BCUT2D eigenvalue weighted by atomic mass is 10.1. The topological polar surface area (TPSA) is 120 Å². The normalized spacial score (nSPS) is 12.7. The minimum absolute atomic E-state index is 0.235. The summed E-state index contributed by atoms with van der Waals surface area (Å²) in [5.41, 5.74) is 1.48. The van der Waals surface area contributed by atoms with Crippen molar-refractivity contribution in [2.24, 2.45) is 0 Å².